The van der Waals surface area contributed by atoms with Crippen molar-refractivity contribution >= 4 is 23.7 Å². The first-order valence-corrected chi connectivity index (χ1v) is 12.1. The molecule has 7 heteroatoms. The van der Waals surface area contributed by atoms with Gasteiger partial charge < -0.3 is 14.2 Å². The number of aryl methyl sites for hydroxylation is 1. The molecule has 0 aromatic heterocycles. The Bertz CT molecular complexity index is 1370. The molecule has 1 amide bonds. The normalized spacial score (nSPS) is 10.8. The number of rotatable bonds is 10. The van der Waals surface area contributed by atoms with E-state index in [1.165, 1.54) is 18.9 Å². The fraction of sp³-hybridized carbons (Fsp3) is 0.133. The summed E-state index contributed by atoms with van der Waals surface area (Å²) in [6, 6.07) is 28.1. The number of ether oxygens (including phenoxy) is 3. The van der Waals surface area contributed by atoms with Gasteiger partial charge in [0.1, 0.15) is 19.0 Å². The molecule has 0 saturated carbocycles. The molecule has 4 aromatic carbocycles. The third-order valence-electron chi connectivity index (χ3n) is 5.52. The van der Waals surface area contributed by atoms with Crippen molar-refractivity contribution in [3.63, 3.8) is 0 Å². The highest BCUT2D eigenvalue weighted by Gasteiger charge is 2.11. The highest BCUT2D eigenvalue weighted by atomic mass is 35.5. The zero-order chi connectivity index (χ0) is 26.0. The van der Waals surface area contributed by atoms with Gasteiger partial charge in [-0.25, -0.2) is 5.43 Å². The van der Waals surface area contributed by atoms with Crippen LogP contribution in [0.25, 0.3) is 0 Å². The van der Waals surface area contributed by atoms with Crippen LogP contribution in [0.1, 0.15) is 32.6 Å². The molecule has 0 fully saturated rings. The lowest BCUT2D eigenvalue weighted by Crippen LogP contribution is -2.17. The van der Waals surface area contributed by atoms with Crippen molar-refractivity contribution in [2.24, 2.45) is 5.10 Å². The van der Waals surface area contributed by atoms with Crippen molar-refractivity contribution in [3.05, 3.63) is 124 Å². The van der Waals surface area contributed by atoms with Gasteiger partial charge >= 0.3 is 0 Å². The van der Waals surface area contributed by atoms with Gasteiger partial charge in [-0.05, 0) is 54.4 Å². The number of amides is 1. The van der Waals surface area contributed by atoms with E-state index in [-0.39, 0.29) is 0 Å². The smallest absolute Gasteiger partial charge is 0.271 e. The Morgan fingerprint density at radius 3 is 2.24 bits per heavy atom. The Morgan fingerprint density at radius 1 is 0.838 bits per heavy atom. The van der Waals surface area contributed by atoms with Gasteiger partial charge in [0, 0.05) is 16.1 Å². The van der Waals surface area contributed by atoms with Gasteiger partial charge in [0.25, 0.3) is 5.91 Å². The van der Waals surface area contributed by atoms with Crippen LogP contribution in [-0.4, -0.2) is 19.2 Å². The highest BCUT2D eigenvalue weighted by Crippen LogP contribution is 2.29. The average molecular weight is 515 g/mol. The number of carbonyl (C=O) groups is 1. The zero-order valence-electron chi connectivity index (χ0n) is 20.6. The summed E-state index contributed by atoms with van der Waals surface area (Å²) < 4.78 is 17.2. The molecule has 0 saturated heterocycles. The largest absolute Gasteiger partial charge is 0.493 e. The molecule has 0 aliphatic carbocycles. The minimum Gasteiger partial charge on any atom is -0.493 e. The van der Waals surface area contributed by atoms with Crippen molar-refractivity contribution < 1.29 is 19.0 Å². The van der Waals surface area contributed by atoms with Crippen LogP contribution in [-0.2, 0) is 13.2 Å². The first kappa shape index (κ1) is 25.8. The molecule has 0 aliphatic rings. The second kappa shape index (κ2) is 12.6. The number of methoxy groups -OCH3 is 1. The van der Waals surface area contributed by atoms with E-state index in [4.69, 9.17) is 25.8 Å². The molecule has 0 unspecified atom stereocenters. The molecule has 0 radical (unpaired) electrons. The molecular weight excluding hydrogens is 488 g/mol. The van der Waals surface area contributed by atoms with E-state index in [2.05, 4.69) is 10.5 Å². The Hall–Kier alpha value is -4.29. The quantitative estimate of drug-likeness (QED) is 0.192. The Balaban J connectivity index is 1.39. The number of halogens is 1. The topological polar surface area (TPSA) is 69.2 Å². The Morgan fingerprint density at radius 2 is 1.51 bits per heavy atom. The summed E-state index contributed by atoms with van der Waals surface area (Å²) >= 11 is 6.17. The number of benzene rings is 4. The predicted octanol–water partition coefficient (Wildman–Crippen LogP) is 6.58. The zero-order valence-corrected chi connectivity index (χ0v) is 21.4. The summed E-state index contributed by atoms with van der Waals surface area (Å²) in [6.45, 7) is 2.82. The van der Waals surface area contributed by atoms with E-state index in [0.29, 0.717) is 46.6 Å². The maximum Gasteiger partial charge on any atom is 0.271 e. The number of nitrogens with zero attached hydrogens (tertiary/aromatic N) is 1. The van der Waals surface area contributed by atoms with Crippen LogP contribution in [0.4, 0.5) is 0 Å². The van der Waals surface area contributed by atoms with Gasteiger partial charge in [0.2, 0.25) is 0 Å². The van der Waals surface area contributed by atoms with E-state index in [0.717, 1.165) is 11.1 Å². The van der Waals surface area contributed by atoms with E-state index in [1.54, 1.807) is 36.4 Å². The fourth-order valence-electron chi connectivity index (χ4n) is 3.49. The van der Waals surface area contributed by atoms with Crippen LogP contribution < -0.4 is 19.6 Å². The number of hydrogen-bond donors (Lipinski definition) is 1. The lowest BCUT2D eigenvalue weighted by atomic mass is 10.1. The minimum absolute atomic E-state index is 0.378. The first-order chi connectivity index (χ1) is 18.0. The number of nitrogens with one attached hydrogen (secondary N) is 1. The summed E-state index contributed by atoms with van der Waals surface area (Å²) in [4.78, 5) is 12.7. The third-order valence-corrected chi connectivity index (χ3v) is 5.75. The third kappa shape index (κ3) is 7.35. The molecule has 37 heavy (non-hydrogen) atoms. The van der Waals surface area contributed by atoms with E-state index >= 15 is 0 Å². The molecule has 6 nitrogen and oxygen atoms in total. The van der Waals surface area contributed by atoms with E-state index in [1.807, 2.05) is 61.5 Å². The summed E-state index contributed by atoms with van der Waals surface area (Å²) in [5.41, 5.74) is 6.82. The number of hydrazone groups is 1. The summed E-state index contributed by atoms with van der Waals surface area (Å²) in [5, 5.41) is 4.64. The maximum absolute atomic E-state index is 12.7. The Kier molecular flexibility index (Phi) is 8.79. The van der Waals surface area contributed by atoms with Crippen LogP contribution in [0.3, 0.4) is 0 Å². The van der Waals surface area contributed by atoms with Crippen molar-refractivity contribution in [1.82, 2.24) is 5.43 Å². The molecule has 188 valence electrons. The minimum atomic E-state index is -0.395. The standard InChI is InChI=1S/C30H27ClN2O4/c1-21-8-10-23(11-9-21)20-36-27-15-13-26(31)16-25(27)18-32-33-30(34)24-12-14-28(29(17-24)35-2)37-19-22-6-4-3-5-7-22/h3-18H,19-20H2,1-2H3,(H,33,34)/b32-18+. The monoisotopic (exact) mass is 514 g/mol. The van der Waals surface area contributed by atoms with Crippen LogP contribution >= 0.6 is 11.6 Å². The lowest BCUT2D eigenvalue weighted by molar-refractivity contribution is 0.0954. The van der Waals surface area contributed by atoms with Gasteiger partial charge in [-0.3, -0.25) is 4.79 Å². The summed E-state index contributed by atoms with van der Waals surface area (Å²) in [7, 11) is 1.53. The average Bonchev–Trinajstić information content (AvgIpc) is 2.92. The molecule has 0 spiro atoms. The van der Waals surface area contributed by atoms with E-state index in [9.17, 15) is 4.79 Å². The maximum atomic E-state index is 12.7. The Labute approximate surface area is 221 Å². The molecule has 0 aliphatic heterocycles. The van der Waals surface area contributed by atoms with Gasteiger partial charge in [0.15, 0.2) is 11.5 Å². The van der Waals surface area contributed by atoms with Crippen LogP contribution in [0.5, 0.6) is 17.2 Å². The van der Waals surface area contributed by atoms with Gasteiger partial charge in [0.05, 0.1) is 13.3 Å². The molecule has 4 aromatic rings. The first-order valence-electron chi connectivity index (χ1n) is 11.7. The summed E-state index contributed by atoms with van der Waals surface area (Å²) in [5.74, 6) is 1.20. The lowest BCUT2D eigenvalue weighted by Gasteiger charge is -2.12. The van der Waals surface area contributed by atoms with Crippen LogP contribution in [0, 0.1) is 6.92 Å². The van der Waals surface area contributed by atoms with Gasteiger partial charge in [-0.15, -0.1) is 0 Å². The number of carbonyl (C=O) groups excluding carboxylic acids is 1. The van der Waals surface area contributed by atoms with Crippen molar-refractivity contribution in [3.8, 4) is 17.2 Å². The van der Waals surface area contributed by atoms with Crippen molar-refractivity contribution in [2.75, 3.05) is 7.11 Å². The summed E-state index contributed by atoms with van der Waals surface area (Å²) in [6.07, 6.45) is 1.50. The van der Waals surface area contributed by atoms with Crippen LogP contribution in [0.2, 0.25) is 5.02 Å². The van der Waals surface area contributed by atoms with E-state index < -0.39 is 5.91 Å². The molecule has 4 rings (SSSR count). The van der Waals surface area contributed by atoms with Gasteiger partial charge in [-0.2, -0.15) is 5.10 Å². The molecule has 0 heterocycles. The molecule has 1 N–H and O–H groups in total. The highest BCUT2D eigenvalue weighted by molar-refractivity contribution is 6.30. The van der Waals surface area contributed by atoms with Crippen molar-refractivity contribution in [2.45, 2.75) is 20.1 Å². The fourth-order valence-corrected chi connectivity index (χ4v) is 3.67. The van der Waals surface area contributed by atoms with Crippen molar-refractivity contribution in [1.29, 1.82) is 0 Å². The second-order valence-electron chi connectivity index (χ2n) is 8.30. The molecule has 0 bridgehead atoms. The SMILES string of the molecule is COc1cc(C(=O)N/N=C/c2cc(Cl)ccc2OCc2ccc(C)cc2)ccc1OCc1ccccc1. The van der Waals surface area contributed by atoms with Crippen LogP contribution in [0.15, 0.2) is 96.1 Å². The molecule has 0 atom stereocenters. The predicted molar refractivity (Wildman–Crippen MR) is 146 cm³/mol. The molecular formula is C30H27ClN2O4. The van der Waals surface area contributed by atoms with Gasteiger partial charge in [-0.1, -0.05) is 71.8 Å². The second-order valence-corrected chi connectivity index (χ2v) is 8.73. The number of hydrogen-bond acceptors (Lipinski definition) is 5.